The number of carbonyl (C=O) groups excluding carboxylic acids is 3. The molecule has 126 valence electrons. The maximum Gasteiger partial charge on any atom is 0.261 e. The van der Waals surface area contributed by atoms with Crippen molar-refractivity contribution in [3.05, 3.63) is 58.3 Å². The molecule has 1 aromatic heterocycles. The van der Waals surface area contributed by atoms with Crippen molar-refractivity contribution in [1.82, 2.24) is 10.6 Å². The zero-order valence-electron chi connectivity index (χ0n) is 13.0. The van der Waals surface area contributed by atoms with Gasteiger partial charge in [-0.1, -0.05) is 36.4 Å². The quantitative estimate of drug-likeness (QED) is 0.633. The highest BCUT2D eigenvalue weighted by Crippen LogP contribution is 2.12. The van der Waals surface area contributed by atoms with Gasteiger partial charge in [0.1, 0.15) is 6.04 Å². The van der Waals surface area contributed by atoms with Crippen LogP contribution in [-0.4, -0.2) is 24.3 Å². The lowest BCUT2D eigenvalue weighted by molar-refractivity contribution is -0.127. The Morgan fingerprint density at radius 3 is 2.46 bits per heavy atom. The van der Waals surface area contributed by atoms with Gasteiger partial charge in [-0.3, -0.25) is 14.4 Å². The summed E-state index contributed by atoms with van der Waals surface area (Å²) in [5.41, 5.74) is 6.00. The van der Waals surface area contributed by atoms with Gasteiger partial charge >= 0.3 is 0 Å². The summed E-state index contributed by atoms with van der Waals surface area (Å²) >= 11 is 1.36. The number of nitrogens with two attached hydrogens (primary N) is 1. The van der Waals surface area contributed by atoms with Crippen LogP contribution in [0.15, 0.2) is 47.8 Å². The van der Waals surface area contributed by atoms with Crippen LogP contribution in [-0.2, 0) is 9.59 Å². The fraction of sp³-hybridized carbons (Fsp3) is 0.235. The zero-order valence-corrected chi connectivity index (χ0v) is 13.8. The molecule has 1 atom stereocenters. The molecule has 0 aliphatic rings. The number of benzene rings is 1. The second-order valence-electron chi connectivity index (χ2n) is 5.15. The van der Waals surface area contributed by atoms with Crippen LogP contribution in [0.3, 0.4) is 0 Å². The number of rotatable bonds is 8. The molecule has 7 heteroatoms. The molecule has 1 unspecified atom stereocenters. The Hall–Kier alpha value is -2.67. The molecule has 0 aliphatic carbocycles. The SMILES string of the molecule is NC(=O)C(NC(=O)CCCNC(=O)c1cccs1)c1ccccc1. The molecule has 3 amide bonds. The Bertz CT molecular complexity index is 686. The smallest absolute Gasteiger partial charge is 0.261 e. The van der Waals surface area contributed by atoms with Gasteiger partial charge in [0.2, 0.25) is 11.8 Å². The summed E-state index contributed by atoms with van der Waals surface area (Å²) in [4.78, 5) is 35.9. The Labute approximate surface area is 144 Å². The maximum atomic E-state index is 12.0. The highest BCUT2D eigenvalue weighted by atomic mass is 32.1. The van der Waals surface area contributed by atoms with E-state index < -0.39 is 11.9 Å². The molecule has 0 spiro atoms. The number of thiophene rings is 1. The van der Waals surface area contributed by atoms with Crippen LogP contribution in [0.1, 0.15) is 34.1 Å². The van der Waals surface area contributed by atoms with Gasteiger partial charge in [-0.25, -0.2) is 0 Å². The van der Waals surface area contributed by atoms with E-state index in [2.05, 4.69) is 10.6 Å². The van der Waals surface area contributed by atoms with E-state index >= 15 is 0 Å². The normalized spacial score (nSPS) is 11.5. The summed E-state index contributed by atoms with van der Waals surface area (Å²) in [7, 11) is 0. The molecule has 2 aromatic rings. The molecule has 4 N–H and O–H groups in total. The number of nitrogens with one attached hydrogen (secondary N) is 2. The third-order valence-corrected chi connectivity index (χ3v) is 4.20. The van der Waals surface area contributed by atoms with Crippen molar-refractivity contribution >= 4 is 29.1 Å². The van der Waals surface area contributed by atoms with Crippen LogP contribution in [0.25, 0.3) is 0 Å². The van der Waals surface area contributed by atoms with Crippen LogP contribution in [0.4, 0.5) is 0 Å². The molecule has 0 radical (unpaired) electrons. The zero-order chi connectivity index (χ0) is 17.4. The van der Waals surface area contributed by atoms with Gasteiger partial charge in [0.05, 0.1) is 4.88 Å². The van der Waals surface area contributed by atoms with Gasteiger partial charge in [0, 0.05) is 13.0 Å². The minimum Gasteiger partial charge on any atom is -0.368 e. The van der Waals surface area contributed by atoms with Crippen LogP contribution >= 0.6 is 11.3 Å². The summed E-state index contributed by atoms with van der Waals surface area (Å²) in [6, 6.07) is 11.5. The monoisotopic (exact) mass is 345 g/mol. The molecule has 1 heterocycles. The van der Waals surface area contributed by atoms with Gasteiger partial charge in [-0.05, 0) is 23.4 Å². The van der Waals surface area contributed by atoms with Crippen molar-refractivity contribution in [1.29, 1.82) is 0 Å². The third kappa shape index (κ3) is 5.20. The number of hydrogen-bond donors (Lipinski definition) is 3. The van der Waals surface area contributed by atoms with Crippen molar-refractivity contribution in [3.63, 3.8) is 0 Å². The molecular weight excluding hydrogens is 326 g/mol. The lowest BCUT2D eigenvalue weighted by atomic mass is 10.1. The summed E-state index contributed by atoms with van der Waals surface area (Å²) in [5.74, 6) is -1.04. The van der Waals surface area contributed by atoms with E-state index in [1.807, 2.05) is 11.4 Å². The van der Waals surface area contributed by atoms with E-state index in [1.54, 1.807) is 36.4 Å². The van der Waals surface area contributed by atoms with Gasteiger partial charge < -0.3 is 16.4 Å². The van der Waals surface area contributed by atoms with E-state index in [1.165, 1.54) is 11.3 Å². The molecule has 6 nitrogen and oxygen atoms in total. The van der Waals surface area contributed by atoms with E-state index in [0.29, 0.717) is 23.4 Å². The number of carbonyl (C=O) groups is 3. The van der Waals surface area contributed by atoms with E-state index in [9.17, 15) is 14.4 Å². The molecule has 0 saturated carbocycles. The molecule has 1 aromatic carbocycles. The molecule has 2 rings (SSSR count). The fourth-order valence-electron chi connectivity index (χ4n) is 2.14. The number of amides is 3. The van der Waals surface area contributed by atoms with Gasteiger partial charge in [-0.15, -0.1) is 11.3 Å². The summed E-state index contributed by atoms with van der Waals surface area (Å²) in [6.07, 6.45) is 0.671. The highest BCUT2D eigenvalue weighted by molar-refractivity contribution is 7.12. The number of hydrogen-bond acceptors (Lipinski definition) is 4. The van der Waals surface area contributed by atoms with Gasteiger partial charge in [0.15, 0.2) is 0 Å². The van der Waals surface area contributed by atoms with Crippen molar-refractivity contribution in [2.24, 2.45) is 5.73 Å². The first kappa shape index (κ1) is 17.7. The van der Waals surface area contributed by atoms with E-state index in [4.69, 9.17) is 5.73 Å². The molecule has 24 heavy (non-hydrogen) atoms. The first-order valence-corrected chi connectivity index (χ1v) is 8.41. The van der Waals surface area contributed by atoms with Crippen LogP contribution in [0, 0.1) is 0 Å². The Kier molecular flexibility index (Phi) is 6.51. The lowest BCUT2D eigenvalue weighted by Gasteiger charge is -2.15. The first-order valence-electron chi connectivity index (χ1n) is 7.53. The average molecular weight is 345 g/mol. The minimum atomic E-state index is -0.848. The predicted molar refractivity (Wildman–Crippen MR) is 92.4 cm³/mol. The molecule has 0 saturated heterocycles. The van der Waals surface area contributed by atoms with Crippen LogP contribution in [0.2, 0.25) is 0 Å². The number of primary amides is 1. The highest BCUT2D eigenvalue weighted by Gasteiger charge is 2.19. The van der Waals surface area contributed by atoms with Crippen molar-refractivity contribution in [2.75, 3.05) is 6.54 Å². The van der Waals surface area contributed by atoms with Crippen LogP contribution in [0.5, 0.6) is 0 Å². The first-order chi connectivity index (χ1) is 11.6. The second-order valence-corrected chi connectivity index (χ2v) is 6.10. The Morgan fingerprint density at radius 2 is 1.83 bits per heavy atom. The Balaban J connectivity index is 1.75. The molecule has 0 bridgehead atoms. The molecular formula is C17H19N3O3S. The average Bonchev–Trinajstić information content (AvgIpc) is 3.11. The minimum absolute atomic E-state index is 0.148. The van der Waals surface area contributed by atoms with E-state index in [0.717, 1.165) is 0 Å². The largest absolute Gasteiger partial charge is 0.368 e. The Morgan fingerprint density at radius 1 is 1.08 bits per heavy atom. The van der Waals surface area contributed by atoms with Crippen molar-refractivity contribution < 1.29 is 14.4 Å². The van der Waals surface area contributed by atoms with Crippen LogP contribution < -0.4 is 16.4 Å². The standard InChI is InChI=1S/C17H19N3O3S/c18-16(22)15(12-6-2-1-3-7-12)20-14(21)9-4-10-19-17(23)13-8-5-11-24-13/h1-3,5-8,11,15H,4,9-10H2,(H2,18,22)(H,19,23)(H,20,21). The second kappa shape index (κ2) is 8.83. The lowest BCUT2D eigenvalue weighted by Crippen LogP contribution is -2.37. The molecule has 0 aliphatic heterocycles. The summed E-state index contributed by atoms with van der Waals surface area (Å²) in [5, 5.41) is 7.20. The summed E-state index contributed by atoms with van der Waals surface area (Å²) in [6.45, 7) is 0.386. The van der Waals surface area contributed by atoms with Crippen molar-refractivity contribution in [2.45, 2.75) is 18.9 Å². The van der Waals surface area contributed by atoms with Crippen molar-refractivity contribution in [3.8, 4) is 0 Å². The maximum absolute atomic E-state index is 12.0. The topological polar surface area (TPSA) is 101 Å². The fourth-order valence-corrected chi connectivity index (χ4v) is 2.78. The third-order valence-electron chi connectivity index (χ3n) is 3.33. The van der Waals surface area contributed by atoms with Gasteiger partial charge in [-0.2, -0.15) is 0 Å². The summed E-state index contributed by atoms with van der Waals surface area (Å²) < 4.78 is 0. The predicted octanol–water partition coefficient (Wildman–Crippen LogP) is 1.60. The molecule has 0 fully saturated rings. The van der Waals surface area contributed by atoms with E-state index in [-0.39, 0.29) is 18.2 Å². The van der Waals surface area contributed by atoms with Gasteiger partial charge in [0.25, 0.3) is 5.91 Å².